The Labute approximate surface area is 211 Å². The van der Waals surface area contributed by atoms with Crippen molar-refractivity contribution < 1.29 is 24.5 Å². The molecule has 0 spiro atoms. The Hall–Kier alpha value is -3.30. The summed E-state index contributed by atoms with van der Waals surface area (Å²) >= 11 is 2.13. The molecule has 174 valence electrons. The predicted molar refractivity (Wildman–Crippen MR) is 140 cm³/mol. The number of aromatic hydroxyl groups is 1. The molecule has 2 atom stereocenters. The molecule has 0 fully saturated rings. The fourth-order valence-electron chi connectivity index (χ4n) is 3.76. The van der Waals surface area contributed by atoms with Gasteiger partial charge >= 0.3 is 6.09 Å². The van der Waals surface area contributed by atoms with Gasteiger partial charge in [-0.25, -0.2) is 4.79 Å². The van der Waals surface area contributed by atoms with E-state index in [2.05, 4.69) is 27.9 Å². The molecule has 0 aliphatic carbocycles. The Kier molecular flexibility index (Phi) is 7.87. The Morgan fingerprint density at radius 2 is 1.68 bits per heavy atom. The maximum Gasteiger partial charge on any atom is 0.412 e. The van der Waals surface area contributed by atoms with Crippen LogP contribution in [0.2, 0.25) is 0 Å². The first-order valence-corrected chi connectivity index (χ1v) is 11.9. The molecule has 3 N–H and O–H groups in total. The number of carbonyl (C=O) groups is 1. The number of ether oxygens (including phenoxy) is 2. The van der Waals surface area contributed by atoms with Gasteiger partial charge in [0, 0.05) is 27.5 Å². The number of nitrogens with one attached hydrogen (secondary N) is 1. The number of phenolic OH excluding ortho intramolecular Hbond substituents is 1. The second-order valence-corrected chi connectivity index (χ2v) is 8.91. The van der Waals surface area contributed by atoms with Gasteiger partial charge in [0.05, 0.1) is 5.69 Å². The van der Waals surface area contributed by atoms with Crippen molar-refractivity contribution in [3.8, 4) is 11.5 Å². The summed E-state index contributed by atoms with van der Waals surface area (Å²) in [5, 5.41) is 25.0. The highest BCUT2D eigenvalue weighted by atomic mass is 127. The lowest BCUT2D eigenvalue weighted by molar-refractivity contribution is 0.00798. The first kappa shape index (κ1) is 23.8. The Morgan fingerprint density at radius 3 is 2.47 bits per heavy atom. The summed E-state index contributed by atoms with van der Waals surface area (Å²) in [6.45, 7) is -0.188. The van der Waals surface area contributed by atoms with Crippen LogP contribution in [-0.2, 0) is 4.74 Å². The summed E-state index contributed by atoms with van der Waals surface area (Å²) in [4.78, 5) is 13.1. The highest BCUT2D eigenvalue weighted by Crippen LogP contribution is 2.35. The smallest absolute Gasteiger partial charge is 0.412 e. The molecular formula is C27H24INO5. The zero-order valence-corrected chi connectivity index (χ0v) is 20.4. The van der Waals surface area contributed by atoms with Gasteiger partial charge in [-0.15, -0.1) is 0 Å². The van der Waals surface area contributed by atoms with Gasteiger partial charge < -0.3 is 19.7 Å². The molecule has 0 unspecified atom stereocenters. The molecule has 0 bridgehead atoms. The minimum absolute atomic E-state index is 0.0250. The average Bonchev–Trinajstić information content (AvgIpc) is 2.85. The van der Waals surface area contributed by atoms with Gasteiger partial charge in [0.25, 0.3) is 0 Å². The lowest BCUT2D eigenvalue weighted by Gasteiger charge is -2.28. The average molecular weight is 569 g/mol. The van der Waals surface area contributed by atoms with Gasteiger partial charge in [-0.1, -0.05) is 54.6 Å². The van der Waals surface area contributed by atoms with E-state index in [-0.39, 0.29) is 18.8 Å². The number of fused-ring (bicyclic) bond motifs is 1. The Morgan fingerprint density at radius 1 is 0.941 bits per heavy atom. The molecule has 0 heterocycles. The molecule has 4 aromatic carbocycles. The molecule has 1 amide bonds. The van der Waals surface area contributed by atoms with Gasteiger partial charge in [-0.05, 0) is 64.4 Å². The molecular weight excluding hydrogens is 545 g/mol. The van der Waals surface area contributed by atoms with Crippen molar-refractivity contribution in [2.24, 2.45) is 0 Å². The third kappa shape index (κ3) is 5.78. The number of aliphatic hydroxyl groups excluding tert-OH is 1. The maximum atomic E-state index is 13.1. The lowest BCUT2D eigenvalue weighted by atomic mass is 10.0. The Balaban J connectivity index is 1.65. The highest BCUT2D eigenvalue weighted by molar-refractivity contribution is 14.1. The predicted octanol–water partition coefficient (Wildman–Crippen LogP) is 6.27. The van der Waals surface area contributed by atoms with E-state index in [1.165, 1.54) is 0 Å². The second kappa shape index (κ2) is 11.2. The summed E-state index contributed by atoms with van der Waals surface area (Å²) in [7, 11) is 0. The van der Waals surface area contributed by atoms with Crippen molar-refractivity contribution in [1.29, 1.82) is 0 Å². The molecule has 0 aromatic heterocycles. The first-order valence-electron chi connectivity index (χ1n) is 10.8. The molecule has 6 nitrogen and oxygen atoms in total. The van der Waals surface area contributed by atoms with Gasteiger partial charge in [0.2, 0.25) is 0 Å². The molecule has 4 aromatic rings. The van der Waals surface area contributed by atoms with Crippen LogP contribution in [0.4, 0.5) is 10.5 Å². The number of anilines is 1. The Bertz CT molecular complexity index is 1260. The van der Waals surface area contributed by atoms with Crippen molar-refractivity contribution in [3.05, 3.63) is 100 Å². The van der Waals surface area contributed by atoms with Crippen LogP contribution in [0.1, 0.15) is 18.1 Å². The normalized spacial score (nSPS) is 12.6. The van der Waals surface area contributed by atoms with E-state index in [0.29, 0.717) is 17.0 Å². The number of hydrogen-bond acceptors (Lipinski definition) is 5. The number of benzene rings is 4. The van der Waals surface area contributed by atoms with E-state index in [1.54, 1.807) is 36.4 Å². The van der Waals surface area contributed by atoms with Gasteiger partial charge in [0.15, 0.2) is 6.10 Å². The van der Waals surface area contributed by atoms with E-state index in [4.69, 9.17) is 9.47 Å². The number of halogens is 1. The number of carbonyl (C=O) groups excluding carboxylic acids is 1. The minimum Gasteiger partial charge on any atom is -0.508 e. The minimum atomic E-state index is -0.975. The fraction of sp³-hybridized carbons (Fsp3) is 0.148. The summed E-state index contributed by atoms with van der Waals surface area (Å²) < 4.78 is 12.8. The number of rotatable bonds is 8. The van der Waals surface area contributed by atoms with Crippen LogP contribution < -0.4 is 10.1 Å². The van der Waals surface area contributed by atoms with Crippen LogP contribution in [0.25, 0.3) is 10.8 Å². The van der Waals surface area contributed by atoms with Crippen LogP contribution in [0, 0.1) is 3.57 Å². The monoisotopic (exact) mass is 569 g/mol. The van der Waals surface area contributed by atoms with Crippen molar-refractivity contribution >= 4 is 45.1 Å². The van der Waals surface area contributed by atoms with Crippen molar-refractivity contribution in [2.75, 3.05) is 11.9 Å². The molecule has 0 aliphatic heterocycles. The van der Waals surface area contributed by atoms with Gasteiger partial charge in [-0.3, -0.25) is 5.32 Å². The van der Waals surface area contributed by atoms with Gasteiger partial charge in [0.1, 0.15) is 17.6 Å². The maximum absolute atomic E-state index is 13.1. The number of aliphatic hydroxyl groups is 1. The quantitative estimate of drug-likeness (QED) is 0.218. The van der Waals surface area contributed by atoms with Crippen LogP contribution in [0.15, 0.2) is 91.0 Å². The topological polar surface area (TPSA) is 88.0 Å². The van der Waals surface area contributed by atoms with Gasteiger partial charge in [-0.2, -0.15) is 0 Å². The summed E-state index contributed by atoms with van der Waals surface area (Å²) in [5.74, 6) is 0.539. The number of para-hydroxylation sites is 1. The molecule has 7 heteroatoms. The number of phenols is 1. The molecule has 34 heavy (non-hydrogen) atoms. The summed E-state index contributed by atoms with van der Waals surface area (Å²) in [6, 6.07) is 27.5. The van der Waals surface area contributed by atoms with Crippen LogP contribution in [-0.4, -0.2) is 29.0 Å². The molecule has 4 rings (SSSR count). The van der Waals surface area contributed by atoms with E-state index in [9.17, 15) is 15.0 Å². The highest BCUT2D eigenvalue weighted by Gasteiger charge is 2.31. The van der Waals surface area contributed by atoms with Crippen molar-refractivity contribution in [2.45, 2.75) is 18.6 Å². The van der Waals surface area contributed by atoms with E-state index >= 15 is 0 Å². The number of hydrogen-bond donors (Lipinski definition) is 3. The first-order chi connectivity index (χ1) is 16.5. The molecule has 0 saturated heterocycles. The van der Waals surface area contributed by atoms with E-state index < -0.39 is 18.3 Å². The van der Waals surface area contributed by atoms with E-state index in [1.807, 2.05) is 54.6 Å². The molecule has 0 radical (unpaired) electrons. The van der Waals surface area contributed by atoms with Crippen molar-refractivity contribution in [3.63, 3.8) is 0 Å². The van der Waals surface area contributed by atoms with E-state index in [0.717, 1.165) is 14.3 Å². The van der Waals surface area contributed by atoms with Crippen LogP contribution in [0.5, 0.6) is 11.5 Å². The largest absolute Gasteiger partial charge is 0.508 e. The zero-order valence-electron chi connectivity index (χ0n) is 18.2. The molecule has 0 aliphatic rings. The third-order valence-corrected chi connectivity index (χ3v) is 6.01. The summed E-state index contributed by atoms with van der Waals surface area (Å²) in [6.07, 6.45) is -2.22. The zero-order chi connectivity index (χ0) is 23.9. The fourth-order valence-corrected chi connectivity index (χ4v) is 4.27. The summed E-state index contributed by atoms with van der Waals surface area (Å²) in [5.41, 5.74) is 1.01. The third-order valence-electron chi connectivity index (χ3n) is 5.34. The second-order valence-electron chi connectivity index (χ2n) is 7.66. The lowest BCUT2D eigenvalue weighted by Crippen LogP contribution is -2.32. The van der Waals surface area contributed by atoms with Crippen LogP contribution >= 0.6 is 22.6 Å². The number of amides is 1. The van der Waals surface area contributed by atoms with Crippen LogP contribution in [0.3, 0.4) is 0 Å². The van der Waals surface area contributed by atoms with Crippen molar-refractivity contribution in [1.82, 2.24) is 0 Å². The molecule has 0 saturated carbocycles. The standard InChI is InChI=1S/C27H24INO5/c28-19-13-14-24(31)22(17-19)26(25(15-16-30)33-20-9-2-1-3-10-20)34-27(32)29-23-12-6-8-18-7-4-5-11-21(18)23/h1-14,17,25-26,30-31H,15-16H2,(H,29,32)/t25-,26-/m1/s1. The SMILES string of the molecule is O=C(Nc1cccc2ccccc12)O[C@H](c1cc(I)ccc1O)[C@@H](CCO)Oc1ccccc1.